The molecule has 0 aliphatic carbocycles. The minimum Gasteiger partial charge on any atom is -0.368 e. The number of carbonyl (C=O) groups is 1. The summed E-state index contributed by atoms with van der Waals surface area (Å²) < 4.78 is 8.99. The van der Waals surface area contributed by atoms with Crippen molar-refractivity contribution in [2.24, 2.45) is 0 Å². The average molecular weight is 518 g/mol. The summed E-state index contributed by atoms with van der Waals surface area (Å²) in [5.41, 5.74) is 6.50. The van der Waals surface area contributed by atoms with Gasteiger partial charge in [-0.25, -0.2) is 4.98 Å². The second kappa shape index (κ2) is 10.5. The number of amides is 1. The summed E-state index contributed by atoms with van der Waals surface area (Å²) in [6, 6.07) is 16.1. The number of piperazine rings is 1. The van der Waals surface area contributed by atoms with Crippen LogP contribution in [-0.2, 0) is 13.0 Å². The van der Waals surface area contributed by atoms with Gasteiger partial charge in [0.15, 0.2) is 0 Å². The zero-order valence-corrected chi connectivity index (χ0v) is 22.2. The van der Waals surface area contributed by atoms with Crippen molar-refractivity contribution in [3.8, 4) is 0 Å². The molecule has 2 aromatic carbocycles. The molecule has 4 heterocycles. The van der Waals surface area contributed by atoms with E-state index in [-0.39, 0.29) is 5.91 Å². The second-order valence-electron chi connectivity index (χ2n) is 10.6. The Morgan fingerprint density at radius 3 is 2.70 bits per heavy atom. The monoisotopic (exact) mass is 517 g/mol. The van der Waals surface area contributed by atoms with Crippen LogP contribution in [0.5, 0.6) is 0 Å². The van der Waals surface area contributed by atoms with Gasteiger partial charge < -0.3 is 25.0 Å². The summed E-state index contributed by atoms with van der Waals surface area (Å²) >= 11 is 0.810. The molecule has 3 aliphatic rings. The first-order chi connectivity index (χ1) is 18.1. The van der Waals surface area contributed by atoms with Crippen molar-refractivity contribution in [3.63, 3.8) is 0 Å². The van der Waals surface area contributed by atoms with Gasteiger partial charge in [-0.05, 0) is 67.7 Å². The van der Waals surface area contributed by atoms with Gasteiger partial charge in [0, 0.05) is 66.3 Å². The first-order valence-corrected chi connectivity index (χ1v) is 14.4. The molecule has 1 amide bonds. The van der Waals surface area contributed by atoms with Crippen LogP contribution in [0.25, 0.3) is 10.8 Å². The Morgan fingerprint density at radius 2 is 1.92 bits per heavy atom. The Kier molecular flexibility index (Phi) is 6.97. The summed E-state index contributed by atoms with van der Waals surface area (Å²) in [6.07, 6.45) is 4.08. The smallest absolute Gasteiger partial charge is 0.269 e. The van der Waals surface area contributed by atoms with E-state index in [4.69, 9.17) is 9.54 Å². The van der Waals surface area contributed by atoms with E-state index in [9.17, 15) is 4.79 Å². The standard InChI is InChI=1S/C29H35N5O2S/c1-19-5-2-6-20-7-3-8-26(28(19)20)33-13-11-23-25(18-33)32-24(29(35)30-12-4-14-37-36)15-27(23)34-16-21-9-10-22(17-34)31-21/h2-3,5-8,15,21-22,31,36H,4,9-14,16-18H2,1H3,(H,30,35). The summed E-state index contributed by atoms with van der Waals surface area (Å²) in [7, 11) is 0. The van der Waals surface area contributed by atoms with Gasteiger partial charge in [0.2, 0.25) is 0 Å². The Morgan fingerprint density at radius 1 is 1.14 bits per heavy atom. The quantitative estimate of drug-likeness (QED) is 0.317. The SMILES string of the molecule is Cc1cccc2cccc(N3CCc4c(N5CC6CCC(C5)N6)cc(C(=O)NCCCSO)nc4C3)c12. The summed E-state index contributed by atoms with van der Waals surface area (Å²) in [5, 5.41) is 9.28. The number of hydrogen-bond acceptors (Lipinski definition) is 7. The van der Waals surface area contributed by atoms with Crippen LogP contribution in [0.1, 0.15) is 46.6 Å². The van der Waals surface area contributed by atoms with Crippen LogP contribution in [0.15, 0.2) is 42.5 Å². The van der Waals surface area contributed by atoms with E-state index in [1.807, 2.05) is 6.07 Å². The van der Waals surface area contributed by atoms with E-state index in [1.54, 1.807) is 0 Å². The van der Waals surface area contributed by atoms with Gasteiger partial charge in [-0.3, -0.25) is 4.79 Å². The molecule has 37 heavy (non-hydrogen) atoms. The van der Waals surface area contributed by atoms with Crippen LogP contribution in [0, 0.1) is 6.92 Å². The number of nitrogens with zero attached hydrogens (tertiary/aromatic N) is 3. The fourth-order valence-electron chi connectivity index (χ4n) is 6.32. The summed E-state index contributed by atoms with van der Waals surface area (Å²) in [6.45, 7) is 6.29. The van der Waals surface area contributed by atoms with E-state index >= 15 is 0 Å². The van der Waals surface area contributed by atoms with Crippen molar-refractivity contribution >= 4 is 40.1 Å². The predicted octanol–water partition coefficient (Wildman–Crippen LogP) is 4.37. The van der Waals surface area contributed by atoms with E-state index in [1.165, 1.54) is 46.1 Å². The number of benzene rings is 2. The number of aryl methyl sites for hydroxylation is 1. The van der Waals surface area contributed by atoms with Crippen LogP contribution >= 0.6 is 12.0 Å². The Bertz CT molecular complexity index is 1300. The number of nitrogens with one attached hydrogen (secondary N) is 2. The number of rotatable bonds is 7. The third kappa shape index (κ3) is 4.90. The summed E-state index contributed by atoms with van der Waals surface area (Å²) in [5.74, 6) is 0.467. The van der Waals surface area contributed by atoms with Gasteiger partial charge in [-0.2, -0.15) is 0 Å². The van der Waals surface area contributed by atoms with Gasteiger partial charge >= 0.3 is 0 Å². The third-order valence-corrected chi connectivity index (χ3v) is 8.55. The molecule has 3 N–H and O–H groups in total. The highest BCUT2D eigenvalue weighted by molar-refractivity contribution is 7.93. The van der Waals surface area contributed by atoms with Crippen LogP contribution in [0.4, 0.5) is 11.4 Å². The van der Waals surface area contributed by atoms with Crippen LogP contribution in [-0.4, -0.2) is 59.5 Å². The van der Waals surface area contributed by atoms with Gasteiger partial charge in [0.05, 0.1) is 12.2 Å². The average Bonchev–Trinajstić information content (AvgIpc) is 3.26. The van der Waals surface area contributed by atoms with Crippen molar-refractivity contribution in [1.29, 1.82) is 0 Å². The molecule has 1 aromatic heterocycles. The molecule has 8 heteroatoms. The lowest BCUT2D eigenvalue weighted by molar-refractivity contribution is 0.0948. The number of fused-ring (bicyclic) bond motifs is 4. The maximum atomic E-state index is 13.2. The van der Waals surface area contributed by atoms with Crippen molar-refractivity contribution in [1.82, 2.24) is 15.6 Å². The largest absolute Gasteiger partial charge is 0.368 e. The molecular formula is C29H35N5O2S. The fraction of sp³-hybridized carbons (Fsp3) is 0.448. The molecule has 2 atom stereocenters. The minimum absolute atomic E-state index is 0.136. The zero-order valence-electron chi connectivity index (χ0n) is 21.4. The number of carbonyl (C=O) groups excluding carboxylic acids is 1. The first-order valence-electron chi connectivity index (χ1n) is 13.4. The molecule has 0 radical (unpaired) electrons. The minimum atomic E-state index is -0.136. The number of anilines is 2. The topological polar surface area (TPSA) is 80.7 Å². The normalized spacial score (nSPS) is 20.8. The van der Waals surface area contributed by atoms with Crippen molar-refractivity contribution in [2.75, 3.05) is 41.7 Å². The van der Waals surface area contributed by atoms with E-state index < -0.39 is 0 Å². The predicted molar refractivity (Wildman–Crippen MR) is 152 cm³/mol. The van der Waals surface area contributed by atoms with Crippen LogP contribution in [0.3, 0.4) is 0 Å². The highest BCUT2D eigenvalue weighted by atomic mass is 32.2. The molecule has 3 aliphatic heterocycles. The number of aromatic nitrogens is 1. The van der Waals surface area contributed by atoms with Gasteiger partial charge in [-0.15, -0.1) is 0 Å². The molecule has 7 nitrogen and oxygen atoms in total. The highest BCUT2D eigenvalue weighted by Crippen LogP contribution is 2.36. The van der Waals surface area contributed by atoms with Gasteiger partial charge in [0.1, 0.15) is 5.69 Å². The van der Waals surface area contributed by atoms with E-state index in [0.717, 1.165) is 50.2 Å². The Labute approximate surface area is 222 Å². The molecule has 6 rings (SSSR count). The molecular weight excluding hydrogens is 482 g/mol. The molecule has 2 fully saturated rings. The zero-order chi connectivity index (χ0) is 25.4. The first kappa shape index (κ1) is 24.5. The summed E-state index contributed by atoms with van der Waals surface area (Å²) in [4.78, 5) is 23.0. The van der Waals surface area contributed by atoms with Crippen molar-refractivity contribution in [2.45, 2.75) is 51.2 Å². The molecule has 2 unspecified atom stereocenters. The molecule has 3 aromatic rings. The highest BCUT2D eigenvalue weighted by Gasteiger charge is 2.35. The molecule has 2 saturated heterocycles. The number of pyridine rings is 1. The van der Waals surface area contributed by atoms with E-state index in [0.29, 0.717) is 36.6 Å². The van der Waals surface area contributed by atoms with Crippen molar-refractivity contribution in [3.05, 3.63) is 65.0 Å². The Hall–Kier alpha value is -2.81. The van der Waals surface area contributed by atoms with E-state index in [2.05, 4.69) is 63.8 Å². The van der Waals surface area contributed by atoms with Crippen LogP contribution < -0.4 is 20.4 Å². The second-order valence-corrected chi connectivity index (χ2v) is 11.2. The lowest BCUT2D eigenvalue weighted by atomic mass is 9.97. The van der Waals surface area contributed by atoms with Crippen LogP contribution in [0.2, 0.25) is 0 Å². The lowest BCUT2D eigenvalue weighted by Crippen LogP contribution is -2.51. The lowest BCUT2D eigenvalue weighted by Gasteiger charge is -2.38. The fourth-order valence-corrected chi connectivity index (χ4v) is 6.59. The number of hydrogen-bond donors (Lipinski definition) is 3. The molecule has 0 saturated carbocycles. The van der Waals surface area contributed by atoms with Crippen molar-refractivity contribution < 1.29 is 9.35 Å². The molecule has 194 valence electrons. The molecule has 2 bridgehead atoms. The van der Waals surface area contributed by atoms with Gasteiger partial charge in [0.25, 0.3) is 5.91 Å². The molecule has 0 spiro atoms. The van der Waals surface area contributed by atoms with Gasteiger partial charge in [-0.1, -0.05) is 30.3 Å². The maximum absolute atomic E-state index is 13.2. The third-order valence-electron chi connectivity index (χ3n) is 8.08. The maximum Gasteiger partial charge on any atom is 0.269 e. The Balaban J connectivity index is 1.35.